The topological polar surface area (TPSA) is 86.3 Å². The summed E-state index contributed by atoms with van der Waals surface area (Å²) in [5.74, 6) is 0. The zero-order chi connectivity index (χ0) is 15.3. The summed E-state index contributed by atoms with van der Waals surface area (Å²) in [6.07, 6.45) is 2.49. The quantitative estimate of drug-likeness (QED) is 0.766. The van der Waals surface area contributed by atoms with Gasteiger partial charge in [0.25, 0.3) is 0 Å². The van der Waals surface area contributed by atoms with E-state index in [2.05, 4.69) is 10.2 Å². The van der Waals surface area contributed by atoms with Crippen molar-refractivity contribution in [1.82, 2.24) is 14.5 Å². The van der Waals surface area contributed by atoms with Gasteiger partial charge in [0.2, 0.25) is 10.0 Å². The second kappa shape index (κ2) is 7.19. The van der Waals surface area contributed by atoms with Crippen molar-refractivity contribution in [2.75, 3.05) is 6.54 Å². The number of hydrogen-bond acceptors (Lipinski definition) is 4. The first kappa shape index (κ1) is 17.1. The molecule has 1 aromatic heterocycles. The van der Waals surface area contributed by atoms with Crippen LogP contribution in [0.5, 0.6) is 0 Å². The van der Waals surface area contributed by atoms with Gasteiger partial charge in [-0.25, -0.2) is 8.42 Å². The van der Waals surface area contributed by atoms with Crippen LogP contribution in [0.3, 0.4) is 0 Å². The molecule has 0 aliphatic heterocycles. The molecule has 0 aliphatic rings. The van der Waals surface area contributed by atoms with Gasteiger partial charge >= 0.3 is 0 Å². The number of unbranched alkanes of at least 4 members (excludes halogenated alkanes) is 1. The van der Waals surface area contributed by atoms with Gasteiger partial charge in [0.15, 0.2) is 0 Å². The highest BCUT2D eigenvalue weighted by molar-refractivity contribution is 7.89. The van der Waals surface area contributed by atoms with E-state index in [1.54, 1.807) is 6.92 Å². The molecular weight excluding hydrogens is 278 g/mol. The average Bonchev–Trinajstić information content (AvgIpc) is 2.80. The minimum Gasteiger partial charge on any atom is -0.390 e. The molecule has 20 heavy (non-hydrogen) atoms. The lowest BCUT2D eigenvalue weighted by molar-refractivity contribution is 0.272. The molecule has 0 saturated carbocycles. The molecule has 1 unspecified atom stereocenters. The van der Waals surface area contributed by atoms with Gasteiger partial charge in [-0.1, -0.05) is 20.3 Å². The lowest BCUT2D eigenvalue weighted by Gasteiger charge is -2.27. The van der Waals surface area contributed by atoms with Gasteiger partial charge < -0.3 is 5.11 Å². The van der Waals surface area contributed by atoms with E-state index in [1.165, 1.54) is 4.31 Å². The van der Waals surface area contributed by atoms with Crippen molar-refractivity contribution in [3.8, 4) is 0 Å². The van der Waals surface area contributed by atoms with E-state index in [0.717, 1.165) is 19.3 Å². The lowest BCUT2D eigenvalue weighted by Crippen LogP contribution is -2.39. The number of aromatic nitrogens is 2. The van der Waals surface area contributed by atoms with Crippen LogP contribution in [0.2, 0.25) is 0 Å². The van der Waals surface area contributed by atoms with E-state index in [-0.39, 0.29) is 23.2 Å². The van der Waals surface area contributed by atoms with Crippen molar-refractivity contribution in [3.63, 3.8) is 0 Å². The number of H-pyrrole nitrogens is 1. The Morgan fingerprint density at radius 3 is 2.55 bits per heavy atom. The highest BCUT2D eigenvalue weighted by Crippen LogP contribution is 2.25. The third-order valence-electron chi connectivity index (χ3n) is 3.49. The molecule has 0 aromatic carbocycles. The van der Waals surface area contributed by atoms with Crippen LogP contribution in [0, 0.1) is 6.92 Å². The van der Waals surface area contributed by atoms with Crippen LogP contribution in [-0.2, 0) is 16.6 Å². The molecule has 0 spiro atoms. The number of aromatic amines is 1. The summed E-state index contributed by atoms with van der Waals surface area (Å²) >= 11 is 0. The maximum Gasteiger partial charge on any atom is 0.247 e. The molecule has 2 N–H and O–H groups in total. The molecule has 0 amide bonds. The Bertz CT molecular complexity index is 525. The van der Waals surface area contributed by atoms with Gasteiger partial charge in [-0.3, -0.25) is 5.10 Å². The van der Waals surface area contributed by atoms with Gasteiger partial charge in [-0.05, 0) is 26.7 Å². The monoisotopic (exact) mass is 303 g/mol. The van der Waals surface area contributed by atoms with Crippen LogP contribution in [0.1, 0.15) is 51.4 Å². The summed E-state index contributed by atoms with van der Waals surface area (Å²) in [6, 6.07) is -0.0765. The van der Waals surface area contributed by atoms with E-state index in [0.29, 0.717) is 12.2 Å². The fourth-order valence-electron chi connectivity index (χ4n) is 2.13. The molecule has 0 radical (unpaired) electrons. The van der Waals surface area contributed by atoms with Crippen molar-refractivity contribution in [3.05, 3.63) is 11.4 Å². The van der Waals surface area contributed by atoms with Gasteiger partial charge in [-0.2, -0.15) is 9.40 Å². The van der Waals surface area contributed by atoms with Gasteiger partial charge in [-0.15, -0.1) is 0 Å². The molecule has 1 aromatic rings. The first-order valence-electron chi connectivity index (χ1n) is 7.06. The third-order valence-corrected chi connectivity index (χ3v) is 5.71. The number of nitrogens with zero attached hydrogens (tertiary/aromatic N) is 2. The molecule has 1 rings (SSSR count). The largest absolute Gasteiger partial charge is 0.390 e. The van der Waals surface area contributed by atoms with Crippen LogP contribution in [-0.4, -0.2) is 40.6 Å². The highest BCUT2D eigenvalue weighted by atomic mass is 32.2. The Morgan fingerprint density at radius 1 is 1.40 bits per heavy atom. The Hall–Kier alpha value is -0.920. The molecule has 6 nitrogen and oxygen atoms in total. The third kappa shape index (κ3) is 3.39. The Labute approximate surface area is 121 Å². The highest BCUT2D eigenvalue weighted by Gasteiger charge is 2.32. The fourth-order valence-corrected chi connectivity index (χ4v) is 4.20. The standard InChI is InChI=1S/C13H25N3O3S/c1-5-7-8-16(10(3)6-2)20(18,19)13-11(4)14-15-12(13)9-17/h10,17H,5-9H2,1-4H3,(H,14,15). The van der Waals surface area contributed by atoms with Gasteiger partial charge in [0, 0.05) is 12.6 Å². The lowest BCUT2D eigenvalue weighted by atomic mass is 10.2. The Balaban J connectivity index is 3.25. The minimum absolute atomic E-state index is 0.0765. The summed E-state index contributed by atoms with van der Waals surface area (Å²) in [5, 5.41) is 15.8. The Kier molecular flexibility index (Phi) is 6.16. The first-order valence-corrected chi connectivity index (χ1v) is 8.50. The molecular formula is C13H25N3O3S. The Morgan fingerprint density at radius 2 is 2.05 bits per heavy atom. The first-order chi connectivity index (χ1) is 9.39. The molecule has 1 atom stereocenters. The van der Waals surface area contributed by atoms with Crippen LogP contribution in [0.25, 0.3) is 0 Å². The zero-order valence-corrected chi connectivity index (χ0v) is 13.5. The SMILES string of the molecule is CCCCN(C(C)CC)S(=O)(=O)c1c(CO)n[nH]c1C. The van der Waals surface area contributed by atoms with Gasteiger partial charge in [0.05, 0.1) is 12.3 Å². The second-order valence-electron chi connectivity index (χ2n) is 5.01. The number of sulfonamides is 1. The predicted octanol–water partition coefficient (Wildman–Crippen LogP) is 1.80. The number of rotatable bonds is 8. The number of hydrogen-bond donors (Lipinski definition) is 2. The fraction of sp³-hybridized carbons (Fsp3) is 0.769. The maximum atomic E-state index is 12.9. The molecule has 0 fully saturated rings. The van der Waals surface area contributed by atoms with E-state index in [4.69, 9.17) is 0 Å². The van der Waals surface area contributed by atoms with E-state index in [9.17, 15) is 13.5 Å². The number of nitrogens with one attached hydrogen (secondary N) is 1. The number of aliphatic hydroxyl groups excluding tert-OH is 1. The average molecular weight is 303 g/mol. The molecule has 116 valence electrons. The van der Waals surface area contributed by atoms with Crippen LogP contribution in [0.4, 0.5) is 0 Å². The smallest absolute Gasteiger partial charge is 0.247 e. The van der Waals surface area contributed by atoms with Crippen LogP contribution < -0.4 is 0 Å². The maximum absolute atomic E-state index is 12.9. The van der Waals surface area contributed by atoms with E-state index >= 15 is 0 Å². The van der Waals surface area contributed by atoms with Crippen molar-refractivity contribution in [1.29, 1.82) is 0 Å². The summed E-state index contributed by atoms with van der Waals surface area (Å²) in [7, 11) is -3.64. The number of aliphatic hydroxyl groups is 1. The number of aryl methyl sites for hydroxylation is 1. The second-order valence-corrected chi connectivity index (χ2v) is 6.84. The summed E-state index contributed by atoms with van der Waals surface area (Å²) in [5.41, 5.74) is 0.658. The van der Waals surface area contributed by atoms with Crippen LogP contribution >= 0.6 is 0 Å². The zero-order valence-electron chi connectivity index (χ0n) is 12.7. The summed E-state index contributed by atoms with van der Waals surface area (Å²) in [6.45, 7) is 7.66. The van der Waals surface area contributed by atoms with Crippen molar-refractivity contribution in [2.45, 2.75) is 64.5 Å². The van der Waals surface area contributed by atoms with Crippen molar-refractivity contribution >= 4 is 10.0 Å². The molecule has 7 heteroatoms. The summed E-state index contributed by atoms with van der Waals surface area (Å²) < 4.78 is 27.2. The van der Waals surface area contributed by atoms with Gasteiger partial charge in [0.1, 0.15) is 10.6 Å². The minimum atomic E-state index is -3.64. The molecule has 0 saturated heterocycles. The van der Waals surface area contributed by atoms with Crippen molar-refractivity contribution < 1.29 is 13.5 Å². The summed E-state index contributed by atoms with van der Waals surface area (Å²) in [4.78, 5) is 0.122. The molecule has 0 bridgehead atoms. The molecule has 1 heterocycles. The predicted molar refractivity (Wildman–Crippen MR) is 77.8 cm³/mol. The van der Waals surface area contributed by atoms with E-state index < -0.39 is 10.0 Å². The van der Waals surface area contributed by atoms with E-state index in [1.807, 2.05) is 20.8 Å². The van der Waals surface area contributed by atoms with Crippen LogP contribution in [0.15, 0.2) is 4.90 Å². The molecule has 0 aliphatic carbocycles. The normalized spacial score (nSPS) is 13.9. The van der Waals surface area contributed by atoms with Crippen molar-refractivity contribution in [2.24, 2.45) is 0 Å².